The van der Waals surface area contributed by atoms with Gasteiger partial charge in [-0.15, -0.1) is 0 Å². The fourth-order valence-corrected chi connectivity index (χ4v) is 6.38. The number of anilines is 2. The average Bonchev–Trinajstić information content (AvgIpc) is 3.06. The fourth-order valence-electron chi connectivity index (χ4n) is 6.38. The average molecular weight is 473 g/mol. The van der Waals surface area contributed by atoms with E-state index in [-0.39, 0.29) is 6.10 Å². The summed E-state index contributed by atoms with van der Waals surface area (Å²) in [6.45, 7) is 11.3. The van der Waals surface area contributed by atoms with Crippen molar-refractivity contribution in [2.75, 3.05) is 49.5 Å². The number of hydrogen-bond donors (Lipinski definition) is 2. The van der Waals surface area contributed by atoms with E-state index in [0.29, 0.717) is 18.1 Å². The van der Waals surface area contributed by atoms with Crippen LogP contribution in [0.5, 0.6) is 0 Å². The molecule has 0 amide bonds. The minimum atomic E-state index is -0.0935. The second-order valence-corrected chi connectivity index (χ2v) is 10.6. The van der Waals surface area contributed by atoms with Crippen molar-refractivity contribution in [2.24, 2.45) is 0 Å². The Morgan fingerprint density at radius 1 is 1.00 bits per heavy atom. The highest BCUT2D eigenvalue weighted by Gasteiger charge is 2.39. The number of aliphatic hydroxyl groups is 1. The highest BCUT2D eigenvalue weighted by atomic mass is 16.3. The Bertz CT molecular complexity index is 713. The number of aliphatic hydroxyl groups excluding tert-OH is 1. The molecule has 0 spiro atoms. The van der Waals surface area contributed by atoms with Gasteiger partial charge in [-0.3, -0.25) is 4.90 Å². The molecule has 7 nitrogen and oxygen atoms in total. The molecule has 0 radical (unpaired) electrons. The van der Waals surface area contributed by atoms with Crippen LogP contribution in [0.15, 0.2) is 12.3 Å². The van der Waals surface area contributed by atoms with Crippen molar-refractivity contribution >= 4 is 11.8 Å². The van der Waals surface area contributed by atoms with Gasteiger partial charge in [-0.05, 0) is 83.5 Å². The Kier molecular flexibility index (Phi) is 9.83. The number of rotatable bonds is 10. The molecular formula is C27H48N6O. The first kappa shape index (κ1) is 25.6. The first-order valence-electron chi connectivity index (χ1n) is 14.2. The van der Waals surface area contributed by atoms with Gasteiger partial charge in [0.25, 0.3) is 0 Å². The van der Waals surface area contributed by atoms with Gasteiger partial charge in [0.15, 0.2) is 0 Å². The van der Waals surface area contributed by atoms with Gasteiger partial charge in [-0.1, -0.05) is 26.7 Å². The summed E-state index contributed by atoms with van der Waals surface area (Å²) >= 11 is 0. The Balaban J connectivity index is 1.42. The fraction of sp³-hybridized carbons (Fsp3) is 0.852. The smallest absolute Gasteiger partial charge is 0.224 e. The summed E-state index contributed by atoms with van der Waals surface area (Å²) in [5.41, 5.74) is 0. The van der Waals surface area contributed by atoms with Crippen LogP contribution in [0.4, 0.5) is 11.8 Å². The van der Waals surface area contributed by atoms with Gasteiger partial charge >= 0.3 is 0 Å². The molecule has 2 N–H and O–H groups in total. The van der Waals surface area contributed by atoms with Crippen molar-refractivity contribution in [3.05, 3.63) is 12.3 Å². The van der Waals surface area contributed by atoms with Crippen LogP contribution >= 0.6 is 0 Å². The third-order valence-corrected chi connectivity index (χ3v) is 8.48. The minimum absolute atomic E-state index is 0.0935. The molecule has 7 heteroatoms. The summed E-state index contributed by atoms with van der Waals surface area (Å²) < 4.78 is 0. The largest absolute Gasteiger partial charge is 0.393 e. The molecule has 3 aliphatic rings. The lowest BCUT2D eigenvalue weighted by Gasteiger charge is -2.38. The molecule has 1 saturated carbocycles. The van der Waals surface area contributed by atoms with Crippen LogP contribution < -0.4 is 10.2 Å². The molecule has 2 unspecified atom stereocenters. The minimum Gasteiger partial charge on any atom is -0.393 e. The monoisotopic (exact) mass is 472 g/mol. The second kappa shape index (κ2) is 13.0. The first-order valence-corrected chi connectivity index (χ1v) is 14.2. The molecule has 1 aliphatic carbocycles. The predicted molar refractivity (Wildman–Crippen MR) is 141 cm³/mol. The zero-order valence-corrected chi connectivity index (χ0v) is 21.7. The maximum atomic E-state index is 10.0. The Hall–Kier alpha value is -1.44. The van der Waals surface area contributed by atoms with Crippen molar-refractivity contribution in [1.29, 1.82) is 0 Å². The molecule has 2 atom stereocenters. The van der Waals surface area contributed by atoms with Crippen molar-refractivity contribution in [3.63, 3.8) is 0 Å². The SMILES string of the molecule is CCN(CC)CCCC1C(Nc2nccc(N3CCCCCC3)n2)CCN1C1CCC(O)CC1. The molecule has 1 aromatic heterocycles. The van der Waals surface area contributed by atoms with Gasteiger partial charge < -0.3 is 20.2 Å². The van der Waals surface area contributed by atoms with Gasteiger partial charge in [0.05, 0.1) is 6.10 Å². The van der Waals surface area contributed by atoms with Crippen LogP contribution in [0.25, 0.3) is 0 Å². The van der Waals surface area contributed by atoms with E-state index in [1.54, 1.807) is 0 Å². The number of nitrogens with one attached hydrogen (secondary N) is 1. The maximum Gasteiger partial charge on any atom is 0.224 e. The van der Waals surface area contributed by atoms with E-state index >= 15 is 0 Å². The van der Waals surface area contributed by atoms with Crippen LogP contribution in [0.3, 0.4) is 0 Å². The molecule has 0 aromatic carbocycles. The van der Waals surface area contributed by atoms with Crippen molar-refractivity contribution in [1.82, 2.24) is 19.8 Å². The zero-order chi connectivity index (χ0) is 23.8. The topological polar surface area (TPSA) is 67.8 Å². The van der Waals surface area contributed by atoms with E-state index in [0.717, 1.165) is 76.6 Å². The molecule has 0 bridgehead atoms. The lowest BCUT2D eigenvalue weighted by Crippen LogP contribution is -2.46. The quantitative estimate of drug-likeness (QED) is 0.530. The van der Waals surface area contributed by atoms with Gasteiger partial charge in [0, 0.05) is 44.0 Å². The van der Waals surface area contributed by atoms with Crippen molar-refractivity contribution in [2.45, 2.75) is 109 Å². The molecule has 34 heavy (non-hydrogen) atoms. The lowest BCUT2D eigenvalue weighted by molar-refractivity contribution is 0.0643. The molecule has 3 heterocycles. The third-order valence-electron chi connectivity index (χ3n) is 8.48. The summed E-state index contributed by atoms with van der Waals surface area (Å²) in [6.07, 6.45) is 14.8. The lowest BCUT2D eigenvalue weighted by atomic mass is 9.91. The van der Waals surface area contributed by atoms with E-state index in [4.69, 9.17) is 4.98 Å². The van der Waals surface area contributed by atoms with Crippen LogP contribution in [-0.2, 0) is 0 Å². The standard InChI is InChI=1S/C27H48N6O/c1-3-31(4-2)18-9-10-25-24(16-21-33(25)22-11-13-23(34)14-12-22)29-27-28-17-15-26(30-27)32-19-7-5-6-8-20-32/h15,17,22-25,34H,3-14,16,18-21H2,1-2H3,(H,28,29,30). The summed E-state index contributed by atoms with van der Waals surface area (Å²) in [4.78, 5) is 17.3. The second-order valence-electron chi connectivity index (χ2n) is 10.6. The molecule has 3 fully saturated rings. The Labute approximate surface area is 207 Å². The molecule has 192 valence electrons. The van der Waals surface area contributed by atoms with Crippen LogP contribution in [-0.4, -0.2) is 88.4 Å². The predicted octanol–water partition coefficient (Wildman–Crippen LogP) is 4.14. The Morgan fingerprint density at radius 2 is 1.74 bits per heavy atom. The highest BCUT2D eigenvalue weighted by Crippen LogP contribution is 2.33. The van der Waals surface area contributed by atoms with Gasteiger partial charge in [0.2, 0.25) is 5.95 Å². The number of likely N-dealkylation sites (tertiary alicyclic amines) is 1. The zero-order valence-electron chi connectivity index (χ0n) is 21.7. The maximum absolute atomic E-state index is 10.0. The Morgan fingerprint density at radius 3 is 2.44 bits per heavy atom. The first-order chi connectivity index (χ1) is 16.7. The van der Waals surface area contributed by atoms with E-state index in [9.17, 15) is 5.11 Å². The van der Waals surface area contributed by atoms with Crippen LogP contribution in [0.1, 0.15) is 84.5 Å². The summed E-state index contributed by atoms with van der Waals surface area (Å²) in [7, 11) is 0. The van der Waals surface area contributed by atoms with E-state index in [1.165, 1.54) is 45.1 Å². The number of aromatic nitrogens is 2. The number of nitrogens with zero attached hydrogens (tertiary/aromatic N) is 5. The molecule has 4 rings (SSSR count). The van der Waals surface area contributed by atoms with Crippen LogP contribution in [0.2, 0.25) is 0 Å². The van der Waals surface area contributed by atoms with Crippen molar-refractivity contribution < 1.29 is 5.11 Å². The van der Waals surface area contributed by atoms with Gasteiger partial charge in [-0.2, -0.15) is 4.98 Å². The molecule has 1 aromatic rings. The normalized spacial score (nSPS) is 28.9. The number of hydrogen-bond acceptors (Lipinski definition) is 7. The van der Waals surface area contributed by atoms with Crippen molar-refractivity contribution in [3.8, 4) is 0 Å². The summed E-state index contributed by atoms with van der Waals surface area (Å²) in [5.74, 6) is 1.87. The van der Waals surface area contributed by atoms with Gasteiger partial charge in [0.1, 0.15) is 5.82 Å². The third kappa shape index (κ3) is 6.82. The van der Waals surface area contributed by atoms with Gasteiger partial charge in [-0.25, -0.2) is 4.98 Å². The molecule has 2 aliphatic heterocycles. The van der Waals surface area contributed by atoms with E-state index < -0.39 is 0 Å². The van der Waals surface area contributed by atoms with E-state index in [2.05, 4.69) is 44.9 Å². The molecular weight excluding hydrogens is 424 g/mol. The molecule has 2 saturated heterocycles. The summed E-state index contributed by atoms with van der Waals surface area (Å²) in [6, 6.07) is 3.59. The van der Waals surface area contributed by atoms with E-state index in [1.807, 2.05) is 6.20 Å². The highest BCUT2D eigenvalue weighted by molar-refractivity contribution is 5.43. The summed E-state index contributed by atoms with van der Waals surface area (Å²) in [5, 5.41) is 13.8. The van der Waals surface area contributed by atoms with Crippen LogP contribution in [0, 0.1) is 0 Å².